The fourth-order valence-corrected chi connectivity index (χ4v) is 0.254. The lowest BCUT2D eigenvalue weighted by atomic mass is 10.5. The van der Waals surface area contributed by atoms with Gasteiger partial charge in [0.1, 0.15) is 0 Å². The monoisotopic (exact) mass is 100 g/mol. The molecule has 0 aliphatic heterocycles. The summed E-state index contributed by atoms with van der Waals surface area (Å²) >= 11 is 0. The van der Waals surface area contributed by atoms with Gasteiger partial charge in [0.25, 0.3) is 0 Å². The van der Waals surface area contributed by atoms with Gasteiger partial charge < -0.3 is 0 Å². The van der Waals surface area contributed by atoms with E-state index in [1.165, 1.54) is 13.2 Å². The summed E-state index contributed by atoms with van der Waals surface area (Å²) in [6.07, 6.45) is 4.24. The van der Waals surface area contributed by atoms with Crippen molar-refractivity contribution in [2.45, 2.75) is 13.3 Å². The van der Waals surface area contributed by atoms with Crippen molar-refractivity contribution in [2.24, 2.45) is 0 Å². The van der Waals surface area contributed by atoms with Crippen LogP contribution in [0.15, 0.2) is 12.3 Å². The van der Waals surface area contributed by atoms with E-state index < -0.39 is 0 Å². The molecule has 0 saturated carbocycles. The molecule has 2 heteroatoms. The van der Waals surface area contributed by atoms with Crippen molar-refractivity contribution in [3.63, 3.8) is 0 Å². The van der Waals surface area contributed by atoms with Crippen LogP contribution in [0.4, 0.5) is 0 Å². The van der Waals surface area contributed by atoms with Gasteiger partial charge in [0, 0.05) is 9.67 Å². The van der Waals surface area contributed by atoms with Gasteiger partial charge in [-0.25, -0.2) is 0 Å². The van der Waals surface area contributed by atoms with Crippen LogP contribution < -0.4 is 0 Å². The number of allylic oxidation sites excluding steroid dienone is 1. The molecule has 0 fully saturated rings. The highest BCUT2D eigenvalue weighted by molar-refractivity contribution is 4.67. The number of hydrogen-bond donors (Lipinski definition) is 0. The predicted molar refractivity (Wildman–Crippen MR) is 29.0 cm³/mol. The Bertz CT molecular complexity index is 86.1. The zero-order chi connectivity index (χ0) is 5.70. The first-order valence-electron chi connectivity index (χ1n) is 2.34. The molecule has 40 valence electrons. The summed E-state index contributed by atoms with van der Waals surface area (Å²) in [5, 5.41) is 0. The average Bonchev–Trinajstić information content (AvgIpc) is 1.61. The van der Waals surface area contributed by atoms with E-state index in [4.69, 9.17) is 0 Å². The quantitative estimate of drug-likeness (QED) is 0.479. The molecule has 7 heavy (non-hydrogen) atoms. The van der Waals surface area contributed by atoms with Gasteiger partial charge >= 0.3 is 0 Å². The van der Waals surface area contributed by atoms with E-state index in [0.717, 1.165) is 11.2 Å². The minimum Gasteiger partial charge on any atom is -0.0616 e. The molecule has 0 aromatic heterocycles. The Balaban J connectivity index is 3.26. The van der Waals surface area contributed by atoms with Crippen LogP contribution in [0, 0.1) is 4.91 Å². The Morgan fingerprint density at radius 2 is 2.29 bits per heavy atom. The summed E-state index contributed by atoms with van der Waals surface area (Å²) < 4.78 is 0.781. The molecule has 0 amide bonds. The van der Waals surface area contributed by atoms with Crippen LogP contribution in [0.2, 0.25) is 0 Å². The van der Waals surface area contributed by atoms with Gasteiger partial charge in [-0.15, -0.1) is 0 Å². The maximum Gasteiger partial charge on any atom is 0.216 e. The van der Waals surface area contributed by atoms with Crippen LogP contribution in [0.25, 0.3) is 0 Å². The minimum absolute atomic E-state index is 0.781. The van der Waals surface area contributed by atoms with Gasteiger partial charge in [-0.2, -0.15) is 0 Å². The standard InChI is InChI=1S/C5H10NO/c1-3-4-5-6(2)7/h4-5H,3H2,1-2H3/q+1/b5-4-. The molecule has 0 unspecified atom stereocenters. The van der Waals surface area contributed by atoms with Gasteiger partial charge in [0.05, 0.1) is 0 Å². The van der Waals surface area contributed by atoms with E-state index in [2.05, 4.69) is 0 Å². The zero-order valence-corrected chi connectivity index (χ0v) is 4.72. The minimum atomic E-state index is 0.781. The fourth-order valence-electron chi connectivity index (χ4n) is 0.254. The molecular formula is C5H10NO+. The molecule has 0 aliphatic carbocycles. The smallest absolute Gasteiger partial charge is 0.0616 e. The Kier molecular flexibility index (Phi) is 3.19. The highest BCUT2D eigenvalue weighted by Crippen LogP contribution is 1.76. The van der Waals surface area contributed by atoms with Crippen molar-refractivity contribution in [2.75, 3.05) is 7.05 Å². The first kappa shape index (κ1) is 6.34. The lowest BCUT2D eigenvalue weighted by Gasteiger charge is -1.67. The second kappa shape index (κ2) is 3.53. The van der Waals surface area contributed by atoms with Gasteiger partial charge in [-0.05, 0) is 12.5 Å². The van der Waals surface area contributed by atoms with Crippen molar-refractivity contribution in [1.29, 1.82) is 0 Å². The number of nitrogens with zero attached hydrogens (tertiary/aromatic N) is 1. The van der Waals surface area contributed by atoms with E-state index in [1.807, 2.05) is 13.0 Å². The second-order valence-corrected chi connectivity index (χ2v) is 1.34. The molecule has 0 aromatic rings. The summed E-state index contributed by atoms with van der Waals surface area (Å²) in [4.78, 5) is 10.0. The molecule has 0 N–H and O–H groups in total. The Morgan fingerprint density at radius 3 is 2.43 bits per heavy atom. The SMILES string of the molecule is CC/C=C\[N+](C)=O. The Hall–Kier alpha value is -0.660. The molecule has 0 radical (unpaired) electrons. The number of rotatable bonds is 2. The highest BCUT2D eigenvalue weighted by Gasteiger charge is 1.81. The van der Waals surface area contributed by atoms with Gasteiger partial charge in [0.2, 0.25) is 6.20 Å². The van der Waals surface area contributed by atoms with Crippen molar-refractivity contribution >= 4 is 0 Å². The second-order valence-electron chi connectivity index (χ2n) is 1.34. The van der Waals surface area contributed by atoms with E-state index in [1.54, 1.807) is 0 Å². The van der Waals surface area contributed by atoms with Crippen molar-refractivity contribution in [1.82, 2.24) is 0 Å². The van der Waals surface area contributed by atoms with Crippen LogP contribution in [0.3, 0.4) is 0 Å². The normalized spacial score (nSPS) is 10.0. The van der Waals surface area contributed by atoms with E-state index in [-0.39, 0.29) is 0 Å². The van der Waals surface area contributed by atoms with E-state index in [9.17, 15) is 4.91 Å². The molecule has 2 nitrogen and oxygen atoms in total. The van der Waals surface area contributed by atoms with Crippen LogP contribution in [0.5, 0.6) is 0 Å². The lowest BCUT2D eigenvalue weighted by molar-refractivity contribution is -0.445. The summed E-state index contributed by atoms with van der Waals surface area (Å²) in [7, 11) is 1.46. The molecule has 0 atom stereocenters. The maximum absolute atomic E-state index is 10.0. The highest BCUT2D eigenvalue weighted by atomic mass is 16.3. The summed E-state index contributed by atoms with van der Waals surface area (Å²) in [6.45, 7) is 1.99. The molecule has 0 rings (SSSR count). The van der Waals surface area contributed by atoms with E-state index >= 15 is 0 Å². The molecule has 0 heterocycles. The Morgan fingerprint density at radius 1 is 1.71 bits per heavy atom. The number of hydrogen-bond acceptors (Lipinski definition) is 1. The van der Waals surface area contributed by atoms with Crippen molar-refractivity contribution in [3.8, 4) is 0 Å². The van der Waals surface area contributed by atoms with Crippen LogP contribution in [0.1, 0.15) is 13.3 Å². The van der Waals surface area contributed by atoms with Crippen molar-refractivity contribution in [3.05, 3.63) is 17.2 Å². The van der Waals surface area contributed by atoms with Gasteiger partial charge in [0.15, 0.2) is 7.05 Å². The summed E-state index contributed by atoms with van der Waals surface area (Å²) in [5.41, 5.74) is 0. The Labute approximate surface area is 43.4 Å². The first-order valence-corrected chi connectivity index (χ1v) is 2.34. The van der Waals surface area contributed by atoms with E-state index in [0.29, 0.717) is 0 Å². The van der Waals surface area contributed by atoms with Crippen LogP contribution >= 0.6 is 0 Å². The topological polar surface area (TPSA) is 20.1 Å². The maximum atomic E-state index is 10.0. The third-order valence-electron chi connectivity index (χ3n) is 0.551. The average molecular weight is 100 g/mol. The number of nitroso groups, excluding NO2 is 1. The summed E-state index contributed by atoms with van der Waals surface area (Å²) in [5.74, 6) is 0. The molecule has 0 aliphatic rings. The summed E-state index contributed by atoms with van der Waals surface area (Å²) in [6, 6.07) is 0. The predicted octanol–water partition coefficient (Wildman–Crippen LogP) is 1.32. The molecule has 0 saturated heterocycles. The van der Waals surface area contributed by atoms with Gasteiger partial charge in [-0.3, -0.25) is 0 Å². The molecular weight excluding hydrogens is 90.1 g/mol. The third-order valence-corrected chi connectivity index (χ3v) is 0.551. The first-order chi connectivity index (χ1) is 3.27. The zero-order valence-electron chi connectivity index (χ0n) is 4.72. The van der Waals surface area contributed by atoms with Crippen LogP contribution in [-0.2, 0) is 0 Å². The van der Waals surface area contributed by atoms with Crippen molar-refractivity contribution < 1.29 is 4.76 Å². The lowest BCUT2D eigenvalue weighted by Crippen LogP contribution is -1.84. The van der Waals surface area contributed by atoms with Gasteiger partial charge in [-0.1, -0.05) is 6.92 Å². The van der Waals surface area contributed by atoms with Crippen LogP contribution in [-0.4, -0.2) is 11.8 Å². The molecule has 0 bridgehead atoms. The molecule has 0 aromatic carbocycles. The molecule has 0 spiro atoms. The largest absolute Gasteiger partial charge is 0.216 e. The third kappa shape index (κ3) is 5.34. The fraction of sp³-hybridized carbons (Fsp3) is 0.600.